The summed E-state index contributed by atoms with van der Waals surface area (Å²) in [5.74, 6) is -0.174. The number of hydrogen-bond acceptors (Lipinski definition) is 4. The van der Waals surface area contributed by atoms with Crippen LogP contribution >= 0.6 is 0 Å². The number of hydrogen-bond donors (Lipinski definition) is 0. The van der Waals surface area contributed by atoms with Crippen molar-refractivity contribution in [1.82, 2.24) is 0 Å². The van der Waals surface area contributed by atoms with E-state index in [-0.39, 0.29) is 12.0 Å². The molecule has 1 unspecified atom stereocenters. The van der Waals surface area contributed by atoms with Gasteiger partial charge in [0.05, 0.1) is 18.2 Å². The minimum atomic E-state index is -0.201. The molecule has 1 aromatic carbocycles. The quantitative estimate of drug-likeness (QED) is 0.699. The summed E-state index contributed by atoms with van der Waals surface area (Å²) in [4.78, 5) is 13.3. The zero-order chi connectivity index (χ0) is 11.5. The third-order valence-electron chi connectivity index (χ3n) is 2.78. The lowest BCUT2D eigenvalue weighted by Crippen LogP contribution is -2.35. The average Bonchev–Trinajstić information content (AvgIpc) is 2.75. The van der Waals surface area contributed by atoms with Gasteiger partial charge in [0.15, 0.2) is 0 Å². The number of ether oxygens (including phenoxy) is 1. The Kier molecular flexibility index (Phi) is 2.78. The van der Waals surface area contributed by atoms with Crippen LogP contribution in [0.15, 0.2) is 24.3 Å². The Morgan fingerprint density at radius 2 is 2.12 bits per heavy atom. The molecule has 82 valence electrons. The van der Waals surface area contributed by atoms with Gasteiger partial charge in [0.25, 0.3) is 0 Å². The van der Waals surface area contributed by atoms with Gasteiger partial charge < -0.3 is 9.64 Å². The fourth-order valence-corrected chi connectivity index (χ4v) is 1.79. The van der Waals surface area contributed by atoms with E-state index in [9.17, 15) is 4.79 Å². The molecule has 0 bridgehead atoms. The van der Waals surface area contributed by atoms with Crippen LogP contribution in [0.4, 0.5) is 5.69 Å². The van der Waals surface area contributed by atoms with Gasteiger partial charge in [-0.3, -0.25) is 0 Å². The highest BCUT2D eigenvalue weighted by Gasteiger charge is 2.30. The van der Waals surface area contributed by atoms with Crippen molar-refractivity contribution >= 4 is 11.7 Å². The molecule has 1 saturated heterocycles. The summed E-state index contributed by atoms with van der Waals surface area (Å²) in [7, 11) is 1.86. The van der Waals surface area contributed by atoms with E-state index in [1.165, 1.54) is 0 Å². The molecule has 4 nitrogen and oxygen atoms in total. The van der Waals surface area contributed by atoms with Gasteiger partial charge in [-0.05, 0) is 24.3 Å². The van der Waals surface area contributed by atoms with Crippen LogP contribution in [-0.4, -0.2) is 25.7 Å². The molecule has 0 N–H and O–H groups in total. The molecule has 1 fully saturated rings. The van der Waals surface area contributed by atoms with Crippen LogP contribution in [0.25, 0.3) is 0 Å². The van der Waals surface area contributed by atoms with Crippen LogP contribution < -0.4 is 4.90 Å². The number of rotatable bonds is 2. The molecule has 1 heterocycles. The predicted molar refractivity (Wildman–Crippen MR) is 58.9 cm³/mol. The SMILES string of the molecule is CN(c1ccc(C#N)cc1)C1CCOC1=O. The minimum absolute atomic E-state index is 0.174. The number of carbonyl (C=O) groups is 1. The molecule has 0 aliphatic carbocycles. The molecule has 0 radical (unpaired) electrons. The summed E-state index contributed by atoms with van der Waals surface area (Å²) >= 11 is 0. The summed E-state index contributed by atoms with van der Waals surface area (Å²) in [5.41, 5.74) is 1.54. The first kappa shape index (κ1) is 10.5. The smallest absolute Gasteiger partial charge is 0.328 e. The predicted octanol–water partition coefficient (Wildman–Crippen LogP) is 1.31. The van der Waals surface area contributed by atoms with Crippen molar-refractivity contribution in [3.8, 4) is 6.07 Å². The summed E-state index contributed by atoms with van der Waals surface area (Å²) in [5, 5.41) is 8.68. The topological polar surface area (TPSA) is 53.3 Å². The number of anilines is 1. The number of likely N-dealkylation sites (N-methyl/N-ethyl adjacent to an activating group) is 1. The van der Waals surface area contributed by atoms with Crippen molar-refractivity contribution in [3.05, 3.63) is 29.8 Å². The van der Waals surface area contributed by atoms with Crippen molar-refractivity contribution < 1.29 is 9.53 Å². The lowest BCUT2D eigenvalue weighted by molar-refractivity contribution is -0.139. The molecular formula is C12H12N2O2. The molecule has 0 saturated carbocycles. The highest BCUT2D eigenvalue weighted by molar-refractivity contribution is 5.81. The van der Waals surface area contributed by atoms with Crippen LogP contribution in [0.3, 0.4) is 0 Å². The first-order valence-electron chi connectivity index (χ1n) is 5.12. The zero-order valence-corrected chi connectivity index (χ0v) is 9.01. The van der Waals surface area contributed by atoms with Crippen molar-refractivity contribution in [3.63, 3.8) is 0 Å². The highest BCUT2D eigenvalue weighted by atomic mass is 16.5. The van der Waals surface area contributed by atoms with E-state index in [0.29, 0.717) is 12.2 Å². The number of cyclic esters (lactones) is 1. The first-order valence-corrected chi connectivity index (χ1v) is 5.12. The van der Waals surface area contributed by atoms with Crippen LogP contribution in [0.2, 0.25) is 0 Å². The zero-order valence-electron chi connectivity index (χ0n) is 9.01. The Labute approximate surface area is 94.0 Å². The third kappa shape index (κ3) is 1.84. The van der Waals surface area contributed by atoms with E-state index in [0.717, 1.165) is 12.1 Å². The van der Waals surface area contributed by atoms with Crippen LogP contribution in [0.5, 0.6) is 0 Å². The van der Waals surface area contributed by atoms with E-state index in [1.807, 2.05) is 24.1 Å². The maximum Gasteiger partial charge on any atom is 0.328 e. The molecule has 1 aliphatic heterocycles. The maximum absolute atomic E-state index is 11.4. The van der Waals surface area contributed by atoms with E-state index in [4.69, 9.17) is 10.00 Å². The second-order valence-electron chi connectivity index (χ2n) is 3.74. The summed E-state index contributed by atoms with van der Waals surface area (Å²) in [6.07, 6.45) is 0.718. The molecule has 4 heteroatoms. The molecule has 1 aliphatic rings. The number of carbonyl (C=O) groups excluding carboxylic acids is 1. The second kappa shape index (κ2) is 4.23. The summed E-state index contributed by atoms with van der Waals surface area (Å²) < 4.78 is 4.92. The van der Waals surface area contributed by atoms with Crippen LogP contribution in [0, 0.1) is 11.3 Å². The van der Waals surface area contributed by atoms with E-state index < -0.39 is 0 Å². The number of benzene rings is 1. The van der Waals surface area contributed by atoms with Gasteiger partial charge in [0.1, 0.15) is 6.04 Å². The van der Waals surface area contributed by atoms with E-state index >= 15 is 0 Å². The van der Waals surface area contributed by atoms with Gasteiger partial charge in [-0.25, -0.2) is 4.79 Å². The van der Waals surface area contributed by atoms with Crippen LogP contribution in [-0.2, 0) is 9.53 Å². The van der Waals surface area contributed by atoms with Gasteiger partial charge >= 0.3 is 5.97 Å². The van der Waals surface area contributed by atoms with Gasteiger partial charge in [-0.1, -0.05) is 0 Å². The summed E-state index contributed by atoms with van der Waals surface area (Å²) in [6, 6.07) is 9.02. The van der Waals surface area contributed by atoms with E-state index in [1.54, 1.807) is 12.1 Å². The molecule has 0 aromatic heterocycles. The molecule has 0 amide bonds. The molecule has 2 rings (SSSR count). The molecular weight excluding hydrogens is 204 g/mol. The summed E-state index contributed by atoms with van der Waals surface area (Å²) in [6.45, 7) is 0.490. The molecule has 0 spiro atoms. The van der Waals surface area contributed by atoms with Crippen molar-refractivity contribution in [2.24, 2.45) is 0 Å². The Morgan fingerprint density at radius 1 is 1.44 bits per heavy atom. The fraction of sp³-hybridized carbons (Fsp3) is 0.333. The third-order valence-corrected chi connectivity index (χ3v) is 2.78. The largest absolute Gasteiger partial charge is 0.464 e. The van der Waals surface area contributed by atoms with E-state index in [2.05, 4.69) is 6.07 Å². The number of esters is 1. The lowest BCUT2D eigenvalue weighted by atomic mass is 10.1. The normalized spacial score (nSPS) is 19.0. The average molecular weight is 216 g/mol. The fourth-order valence-electron chi connectivity index (χ4n) is 1.79. The van der Waals surface area contributed by atoms with Crippen molar-refractivity contribution in [2.75, 3.05) is 18.6 Å². The van der Waals surface area contributed by atoms with Gasteiger partial charge in [-0.2, -0.15) is 5.26 Å². The number of nitriles is 1. The molecule has 16 heavy (non-hydrogen) atoms. The Balaban J connectivity index is 2.17. The lowest BCUT2D eigenvalue weighted by Gasteiger charge is -2.23. The highest BCUT2D eigenvalue weighted by Crippen LogP contribution is 2.21. The molecule has 1 atom stereocenters. The first-order chi connectivity index (χ1) is 7.72. The Hall–Kier alpha value is -2.02. The van der Waals surface area contributed by atoms with Crippen molar-refractivity contribution in [1.29, 1.82) is 5.26 Å². The second-order valence-corrected chi connectivity index (χ2v) is 3.74. The van der Waals surface area contributed by atoms with Gasteiger partial charge in [0.2, 0.25) is 0 Å². The van der Waals surface area contributed by atoms with Gasteiger partial charge in [-0.15, -0.1) is 0 Å². The minimum Gasteiger partial charge on any atom is -0.464 e. The number of nitrogens with zero attached hydrogens (tertiary/aromatic N) is 2. The monoisotopic (exact) mass is 216 g/mol. The molecule has 1 aromatic rings. The van der Waals surface area contributed by atoms with Gasteiger partial charge in [0, 0.05) is 19.2 Å². The van der Waals surface area contributed by atoms with Crippen molar-refractivity contribution in [2.45, 2.75) is 12.5 Å². The maximum atomic E-state index is 11.4. The standard InChI is InChI=1S/C12H12N2O2/c1-14(11-6-7-16-12(11)15)10-4-2-9(8-13)3-5-10/h2-5,11H,6-7H2,1H3. The Bertz CT molecular complexity index is 433. The van der Waals surface area contributed by atoms with Crippen LogP contribution in [0.1, 0.15) is 12.0 Å². The Morgan fingerprint density at radius 3 is 2.62 bits per heavy atom.